The maximum atomic E-state index is 8.43. The molecule has 0 aromatic heterocycles. The monoisotopic (exact) mass is 181 g/mol. The van der Waals surface area contributed by atoms with Gasteiger partial charge in [0.05, 0.1) is 19.6 Å². The van der Waals surface area contributed by atoms with E-state index in [1.54, 1.807) is 25.3 Å². The largest absolute Gasteiger partial charge is 0.497 e. The highest BCUT2D eigenvalue weighted by molar-refractivity contribution is 6.31. The minimum Gasteiger partial charge on any atom is -0.497 e. The smallest absolute Gasteiger partial charge is 0.120 e. The Bertz CT molecular complexity index is 317. The number of rotatable bonds is 2. The Morgan fingerprint density at radius 1 is 1.58 bits per heavy atom. The van der Waals surface area contributed by atoms with E-state index >= 15 is 0 Å². The summed E-state index contributed by atoms with van der Waals surface area (Å²) in [6, 6.07) is 7.33. The van der Waals surface area contributed by atoms with E-state index in [1.807, 2.05) is 6.07 Å². The zero-order valence-electron chi connectivity index (χ0n) is 6.67. The quantitative estimate of drug-likeness (QED) is 0.702. The van der Waals surface area contributed by atoms with E-state index in [0.29, 0.717) is 17.2 Å². The maximum absolute atomic E-state index is 8.43. The van der Waals surface area contributed by atoms with Crippen LogP contribution in [-0.4, -0.2) is 7.11 Å². The van der Waals surface area contributed by atoms with Crippen LogP contribution < -0.4 is 4.74 Å². The van der Waals surface area contributed by atoms with Gasteiger partial charge in [-0.25, -0.2) is 0 Å². The van der Waals surface area contributed by atoms with E-state index < -0.39 is 0 Å². The van der Waals surface area contributed by atoms with Gasteiger partial charge in [-0.2, -0.15) is 5.26 Å². The van der Waals surface area contributed by atoms with Gasteiger partial charge in [0.1, 0.15) is 5.75 Å². The lowest BCUT2D eigenvalue weighted by molar-refractivity contribution is 0.414. The first-order valence-electron chi connectivity index (χ1n) is 3.47. The Morgan fingerprint density at radius 3 is 2.83 bits per heavy atom. The van der Waals surface area contributed by atoms with Crippen molar-refractivity contribution in [1.29, 1.82) is 5.26 Å². The number of ether oxygens (including phenoxy) is 1. The summed E-state index contributed by atoms with van der Waals surface area (Å²) in [5.41, 5.74) is 0.833. The lowest BCUT2D eigenvalue weighted by Gasteiger charge is -2.02. The Balaban J connectivity index is 2.97. The molecular formula is C9H8ClNO. The molecule has 12 heavy (non-hydrogen) atoms. The third-order valence-electron chi connectivity index (χ3n) is 1.53. The number of nitrogens with zero attached hydrogens (tertiary/aromatic N) is 1. The summed E-state index contributed by atoms with van der Waals surface area (Å²) in [6.07, 6.45) is 0.336. The maximum Gasteiger partial charge on any atom is 0.120 e. The van der Waals surface area contributed by atoms with Gasteiger partial charge in [-0.1, -0.05) is 17.7 Å². The van der Waals surface area contributed by atoms with Crippen molar-refractivity contribution in [2.45, 2.75) is 6.42 Å². The summed E-state index contributed by atoms with van der Waals surface area (Å²) in [5, 5.41) is 9.01. The summed E-state index contributed by atoms with van der Waals surface area (Å²) in [4.78, 5) is 0. The molecule has 1 aromatic rings. The van der Waals surface area contributed by atoms with Crippen LogP contribution in [0.5, 0.6) is 5.75 Å². The molecule has 0 aliphatic carbocycles. The summed E-state index contributed by atoms with van der Waals surface area (Å²) in [6.45, 7) is 0. The topological polar surface area (TPSA) is 33.0 Å². The molecule has 0 bridgehead atoms. The van der Waals surface area contributed by atoms with Crippen molar-refractivity contribution in [3.8, 4) is 11.8 Å². The zero-order chi connectivity index (χ0) is 8.97. The van der Waals surface area contributed by atoms with E-state index in [1.165, 1.54) is 0 Å². The van der Waals surface area contributed by atoms with Crippen molar-refractivity contribution in [2.75, 3.05) is 7.11 Å². The number of benzene rings is 1. The molecule has 0 aliphatic heterocycles. The minimum absolute atomic E-state index is 0.336. The van der Waals surface area contributed by atoms with E-state index in [-0.39, 0.29) is 0 Å². The molecule has 0 N–H and O–H groups in total. The normalized spacial score (nSPS) is 9.08. The van der Waals surface area contributed by atoms with Gasteiger partial charge < -0.3 is 4.74 Å². The molecule has 0 heterocycles. The van der Waals surface area contributed by atoms with Gasteiger partial charge in [-0.3, -0.25) is 0 Å². The lowest BCUT2D eigenvalue weighted by Crippen LogP contribution is -1.86. The van der Waals surface area contributed by atoms with Crippen LogP contribution in [-0.2, 0) is 6.42 Å². The van der Waals surface area contributed by atoms with Gasteiger partial charge in [-0.05, 0) is 17.7 Å². The highest BCUT2D eigenvalue weighted by atomic mass is 35.5. The zero-order valence-corrected chi connectivity index (χ0v) is 7.43. The van der Waals surface area contributed by atoms with Crippen LogP contribution in [0.4, 0.5) is 0 Å². The molecule has 1 aromatic carbocycles. The van der Waals surface area contributed by atoms with E-state index in [2.05, 4.69) is 0 Å². The van der Waals surface area contributed by atoms with Crippen LogP contribution in [0, 0.1) is 11.3 Å². The molecule has 0 saturated heterocycles. The van der Waals surface area contributed by atoms with Crippen molar-refractivity contribution in [3.05, 3.63) is 28.8 Å². The highest BCUT2D eigenvalue weighted by Gasteiger charge is 2.00. The number of hydrogen-bond acceptors (Lipinski definition) is 2. The summed E-state index contributed by atoms with van der Waals surface area (Å²) >= 11 is 5.86. The molecule has 0 spiro atoms. The first-order chi connectivity index (χ1) is 5.77. The Kier molecular flexibility index (Phi) is 2.95. The molecule has 0 aliphatic rings. The van der Waals surface area contributed by atoms with Crippen LogP contribution in [0.3, 0.4) is 0 Å². The fraction of sp³-hybridized carbons (Fsp3) is 0.222. The van der Waals surface area contributed by atoms with Gasteiger partial charge in [0, 0.05) is 5.02 Å². The molecular weight excluding hydrogens is 174 g/mol. The molecule has 0 amide bonds. The van der Waals surface area contributed by atoms with Crippen LogP contribution in [0.2, 0.25) is 5.02 Å². The average Bonchev–Trinajstić information content (AvgIpc) is 2.09. The molecule has 0 saturated carbocycles. The van der Waals surface area contributed by atoms with Crippen molar-refractivity contribution >= 4 is 11.6 Å². The Hall–Kier alpha value is -1.20. The van der Waals surface area contributed by atoms with Gasteiger partial charge in [-0.15, -0.1) is 0 Å². The minimum atomic E-state index is 0.336. The number of nitriles is 1. The summed E-state index contributed by atoms with van der Waals surface area (Å²) < 4.78 is 4.96. The number of methoxy groups -OCH3 is 1. The van der Waals surface area contributed by atoms with E-state index in [4.69, 9.17) is 21.6 Å². The third-order valence-corrected chi connectivity index (χ3v) is 1.88. The van der Waals surface area contributed by atoms with Crippen LogP contribution in [0.15, 0.2) is 18.2 Å². The second-order valence-electron chi connectivity index (χ2n) is 2.29. The molecule has 0 fully saturated rings. The van der Waals surface area contributed by atoms with Crippen molar-refractivity contribution < 1.29 is 4.74 Å². The SMILES string of the molecule is COc1ccc(CC#N)c(Cl)c1. The predicted octanol–water partition coefficient (Wildman–Crippen LogP) is 2.41. The van der Waals surface area contributed by atoms with Crippen LogP contribution in [0.25, 0.3) is 0 Å². The molecule has 0 unspecified atom stereocenters. The first-order valence-corrected chi connectivity index (χ1v) is 3.85. The molecule has 0 atom stereocenters. The third kappa shape index (κ3) is 1.90. The van der Waals surface area contributed by atoms with Gasteiger partial charge >= 0.3 is 0 Å². The second kappa shape index (κ2) is 3.99. The first kappa shape index (κ1) is 8.89. The fourth-order valence-electron chi connectivity index (χ4n) is 0.884. The van der Waals surface area contributed by atoms with Gasteiger partial charge in [0.15, 0.2) is 0 Å². The molecule has 62 valence electrons. The number of halogens is 1. The van der Waals surface area contributed by atoms with Crippen molar-refractivity contribution in [3.63, 3.8) is 0 Å². The van der Waals surface area contributed by atoms with Gasteiger partial charge in [0.2, 0.25) is 0 Å². The predicted molar refractivity (Wildman–Crippen MR) is 47.3 cm³/mol. The van der Waals surface area contributed by atoms with Crippen LogP contribution >= 0.6 is 11.6 Å². The van der Waals surface area contributed by atoms with E-state index in [0.717, 1.165) is 5.56 Å². The fourth-order valence-corrected chi connectivity index (χ4v) is 1.12. The van der Waals surface area contributed by atoms with E-state index in [9.17, 15) is 0 Å². The number of hydrogen-bond donors (Lipinski definition) is 0. The van der Waals surface area contributed by atoms with Crippen molar-refractivity contribution in [2.24, 2.45) is 0 Å². The van der Waals surface area contributed by atoms with Gasteiger partial charge in [0.25, 0.3) is 0 Å². The highest BCUT2D eigenvalue weighted by Crippen LogP contribution is 2.22. The van der Waals surface area contributed by atoms with Crippen LogP contribution in [0.1, 0.15) is 5.56 Å². The lowest BCUT2D eigenvalue weighted by atomic mass is 10.1. The molecule has 2 nitrogen and oxygen atoms in total. The summed E-state index contributed by atoms with van der Waals surface area (Å²) in [7, 11) is 1.58. The Morgan fingerprint density at radius 2 is 2.33 bits per heavy atom. The standard InChI is InChI=1S/C9H8ClNO/c1-12-8-3-2-7(4-5-11)9(10)6-8/h2-3,6H,4H2,1H3. The molecule has 1 rings (SSSR count). The average molecular weight is 182 g/mol. The Labute approximate surface area is 76.3 Å². The second-order valence-corrected chi connectivity index (χ2v) is 2.70. The van der Waals surface area contributed by atoms with Crippen molar-refractivity contribution in [1.82, 2.24) is 0 Å². The molecule has 0 radical (unpaired) electrons. The molecule has 3 heteroatoms. The summed E-state index contributed by atoms with van der Waals surface area (Å²) in [5.74, 6) is 0.710.